The predicted molar refractivity (Wildman–Crippen MR) is 39.3 cm³/mol. The Labute approximate surface area is 66.2 Å². The predicted octanol–water partition coefficient (Wildman–Crippen LogP) is 2.00. The van der Waals surface area contributed by atoms with E-state index in [-0.39, 0.29) is 4.83 Å². The van der Waals surface area contributed by atoms with E-state index in [2.05, 4.69) is 20.3 Å². The first-order valence-corrected chi connectivity index (χ1v) is 3.77. The second-order valence-electron chi connectivity index (χ2n) is 1.99. The Balaban J connectivity index is 3.15. The minimum absolute atomic E-state index is 0.0268. The van der Waals surface area contributed by atoms with E-state index in [4.69, 9.17) is 4.42 Å². The first-order valence-electron chi connectivity index (χ1n) is 2.85. The third-order valence-electron chi connectivity index (χ3n) is 1.14. The maximum atomic E-state index is 10.5. The van der Waals surface area contributed by atoms with Gasteiger partial charge >= 0.3 is 5.82 Å². The SMILES string of the molecule is Cc1oc(=O)oc1C(C)Br. The van der Waals surface area contributed by atoms with E-state index in [1.165, 1.54) is 0 Å². The van der Waals surface area contributed by atoms with Crippen molar-refractivity contribution in [2.45, 2.75) is 18.7 Å². The Morgan fingerprint density at radius 1 is 1.50 bits per heavy atom. The molecule has 0 aliphatic carbocycles. The Morgan fingerprint density at radius 2 is 2.10 bits per heavy atom. The van der Waals surface area contributed by atoms with Crippen LogP contribution in [0.2, 0.25) is 0 Å². The van der Waals surface area contributed by atoms with Gasteiger partial charge in [-0.1, -0.05) is 15.9 Å². The zero-order valence-corrected chi connectivity index (χ0v) is 7.27. The van der Waals surface area contributed by atoms with Crippen molar-refractivity contribution in [1.29, 1.82) is 0 Å². The smallest absolute Gasteiger partial charge is 0.396 e. The second-order valence-corrected chi connectivity index (χ2v) is 3.36. The van der Waals surface area contributed by atoms with Crippen molar-refractivity contribution in [2.24, 2.45) is 0 Å². The largest absolute Gasteiger partial charge is 0.519 e. The van der Waals surface area contributed by atoms with E-state index in [1.807, 2.05) is 6.92 Å². The number of halogens is 1. The number of hydrogen-bond acceptors (Lipinski definition) is 3. The van der Waals surface area contributed by atoms with Gasteiger partial charge in [0.1, 0.15) is 5.76 Å². The highest BCUT2D eigenvalue weighted by Crippen LogP contribution is 2.23. The molecule has 0 saturated carbocycles. The first kappa shape index (κ1) is 7.60. The van der Waals surface area contributed by atoms with Crippen LogP contribution >= 0.6 is 15.9 Å². The fourth-order valence-corrected chi connectivity index (χ4v) is 1.13. The van der Waals surface area contributed by atoms with Gasteiger partial charge in [0.05, 0.1) is 4.83 Å². The quantitative estimate of drug-likeness (QED) is 0.661. The Hall–Kier alpha value is -0.510. The summed E-state index contributed by atoms with van der Waals surface area (Å²) in [5.74, 6) is 0.457. The summed E-state index contributed by atoms with van der Waals surface area (Å²) in [5, 5.41) is 0. The zero-order valence-electron chi connectivity index (χ0n) is 5.68. The molecule has 0 radical (unpaired) electrons. The molecule has 1 aromatic heterocycles. The molecule has 1 unspecified atom stereocenters. The number of hydrogen-bond donors (Lipinski definition) is 0. The summed E-state index contributed by atoms with van der Waals surface area (Å²) in [6.07, 6.45) is 0. The molecule has 0 aliphatic rings. The third-order valence-corrected chi connectivity index (χ3v) is 1.55. The summed E-state index contributed by atoms with van der Waals surface area (Å²) < 4.78 is 9.33. The van der Waals surface area contributed by atoms with Crippen molar-refractivity contribution < 1.29 is 8.83 Å². The minimum Gasteiger partial charge on any atom is -0.396 e. The van der Waals surface area contributed by atoms with Gasteiger partial charge in [-0.2, -0.15) is 0 Å². The van der Waals surface area contributed by atoms with Crippen LogP contribution in [0.3, 0.4) is 0 Å². The summed E-state index contributed by atoms with van der Waals surface area (Å²) in [7, 11) is 0. The van der Waals surface area contributed by atoms with Gasteiger partial charge < -0.3 is 8.83 Å². The number of aryl methyl sites for hydroxylation is 1. The second kappa shape index (κ2) is 2.62. The molecule has 10 heavy (non-hydrogen) atoms. The maximum Gasteiger partial charge on any atom is 0.519 e. The highest BCUT2D eigenvalue weighted by atomic mass is 79.9. The van der Waals surface area contributed by atoms with Crippen molar-refractivity contribution >= 4 is 15.9 Å². The molecular weight excluding hydrogens is 200 g/mol. The molecule has 0 saturated heterocycles. The molecule has 0 N–H and O–H groups in total. The number of rotatable bonds is 1. The molecule has 56 valence electrons. The normalized spacial score (nSPS) is 13.5. The molecule has 1 rings (SSSR count). The van der Waals surface area contributed by atoms with Crippen molar-refractivity contribution in [3.63, 3.8) is 0 Å². The third kappa shape index (κ3) is 1.31. The lowest BCUT2D eigenvalue weighted by Crippen LogP contribution is -1.86. The highest BCUT2D eigenvalue weighted by molar-refractivity contribution is 9.09. The van der Waals surface area contributed by atoms with Crippen LogP contribution in [0.4, 0.5) is 0 Å². The average molecular weight is 207 g/mol. The topological polar surface area (TPSA) is 43.4 Å². The van der Waals surface area contributed by atoms with Crippen LogP contribution in [-0.4, -0.2) is 0 Å². The van der Waals surface area contributed by atoms with Crippen LogP contribution in [0.25, 0.3) is 0 Å². The molecule has 4 heteroatoms. The summed E-state index contributed by atoms with van der Waals surface area (Å²) in [6, 6.07) is 0. The van der Waals surface area contributed by atoms with E-state index < -0.39 is 5.82 Å². The van der Waals surface area contributed by atoms with E-state index >= 15 is 0 Å². The summed E-state index contributed by atoms with van der Waals surface area (Å²) in [5.41, 5.74) is 0. The van der Waals surface area contributed by atoms with Crippen LogP contribution in [0, 0.1) is 6.92 Å². The van der Waals surface area contributed by atoms with Crippen LogP contribution in [0.1, 0.15) is 23.3 Å². The van der Waals surface area contributed by atoms with Crippen molar-refractivity contribution in [1.82, 2.24) is 0 Å². The summed E-state index contributed by atoms with van der Waals surface area (Å²) in [6.45, 7) is 3.55. The van der Waals surface area contributed by atoms with Crippen LogP contribution in [0.5, 0.6) is 0 Å². The van der Waals surface area contributed by atoms with Gasteiger partial charge in [0, 0.05) is 0 Å². The Kier molecular flexibility index (Phi) is 1.99. The van der Waals surface area contributed by atoms with E-state index in [9.17, 15) is 4.79 Å². The monoisotopic (exact) mass is 206 g/mol. The summed E-state index contributed by atoms with van der Waals surface area (Å²) >= 11 is 3.25. The molecule has 0 aliphatic heterocycles. The molecule has 3 nitrogen and oxygen atoms in total. The lowest BCUT2D eigenvalue weighted by Gasteiger charge is -1.93. The zero-order chi connectivity index (χ0) is 7.72. The highest BCUT2D eigenvalue weighted by Gasteiger charge is 2.12. The van der Waals surface area contributed by atoms with Gasteiger partial charge in [0.15, 0.2) is 5.76 Å². The molecule has 0 bridgehead atoms. The molecule has 0 fully saturated rings. The lowest BCUT2D eigenvalue weighted by molar-refractivity contribution is 0.370. The van der Waals surface area contributed by atoms with Gasteiger partial charge in [-0.25, -0.2) is 4.79 Å². The van der Waals surface area contributed by atoms with E-state index in [0.717, 1.165) is 0 Å². The molecule has 0 aromatic carbocycles. The molecular formula is C6H7BrO3. The molecule has 1 heterocycles. The van der Waals surface area contributed by atoms with Crippen molar-refractivity contribution in [3.05, 3.63) is 22.1 Å². The molecule has 1 aromatic rings. The average Bonchev–Trinajstić information content (AvgIpc) is 2.10. The van der Waals surface area contributed by atoms with Crippen LogP contribution < -0.4 is 5.82 Å². The van der Waals surface area contributed by atoms with Crippen LogP contribution in [-0.2, 0) is 0 Å². The van der Waals surface area contributed by atoms with Gasteiger partial charge in [-0.3, -0.25) is 0 Å². The maximum absolute atomic E-state index is 10.5. The fourth-order valence-electron chi connectivity index (χ4n) is 0.719. The molecule has 0 amide bonds. The van der Waals surface area contributed by atoms with E-state index in [0.29, 0.717) is 11.5 Å². The minimum atomic E-state index is -0.640. The van der Waals surface area contributed by atoms with E-state index in [1.54, 1.807) is 6.92 Å². The number of alkyl halides is 1. The van der Waals surface area contributed by atoms with Crippen molar-refractivity contribution in [3.8, 4) is 0 Å². The summed E-state index contributed by atoms with van der Waals surface area (Å²) in [4.78, 5) is 10.5. The Morgan fingerprint density at radius 3 is 2.30 bits per heavy atom. The van der Waals surface area contributed by atoms with Gasteiger partial charge in [-0.05, 0) is 13.8 Å². The van der Waals surface area contributed by atoms with Gasteiger partial charge in [-0.15, -0.1) is 0 Å². The van der Waals surface area contributed by atoms with Gasteiger partial charge in [0.25, 0.3) is 0 Å². The van der Waals surface area contributed by atoms with Crippen molar-refractivity contribution in [2.75, 3.05) is 0 Å². The molecule has 1 atom stereocenters. The molecule has 0 spiro atoms. The van der Waals surface area contributed by atoms with Crippen LogP contribution in [0.15, 0.2) is 13.6 Å². The fraction of sp³-hybridized carbons (Fsp3) is 0.500. The standard InChI is InChI=1S/C6H7BrO3/c1-3(7)5-4(2)9-6(8)10-5/h3H,1-2H3. The Bertz CT molecular complexity index is 271. The first-order chi connectivity index (χ1) is 4.61. The van der Waals surface area contributed by atoms with Gasteiger partial charge in [0.2, 0.25) is 0 Å². The lowest BCUT2D eigenvalue weighted by atomic mass is 10.3.